The highest BCUT2D eigenvalue weighted by molar-refractivity contribution is 14.1. The fourth-order valence-electron chi connectivity index (χ4n) is 1.67. The van der Waals surface area contributed by atoms with E-state index in [4.69, 9.17) is 4.74 Å². The Balaban J connectivity index is 1.98. The number of anilines is 1. The highest BCUT2D eigenvalue weighted by Gasteiger charge is 2.07. The Hall–Kier alpha value is -2.29. The van der Waals surface area contributed by atoms with Crippen molar-refractivity contribution in [2.75, 3.05) is 12.4 Å². The van der Waals surface area contributed by atoms with Crippen LogP contribution >= 0.6 is 22.6 Å². The van der Waals surface area contributed by atoms with Gasteiger partial charge in [0.2, 0.25) is 0 Å². The van der Waals surface area contributed by atoms with E-state index >= 15 is 0 Å². The van der Waals surface area contributed by atoms with Crippen molar-refractivity contribution in [1.82, 2.24) is 5.43 Å². The molecule has 0 atom stereocenters. The molecule has 0 aliphatic carbocycles. The molecule has 0 aliphatic rings. The molecule has 6 nitrogen and oxygen atoms in total. The van der Waals surface area contributed by atoms with Gasteiger partial charge in [0.25, 0.3) is 0 Å². The van der Waals surface area contributed by atoms with E-state index < -0.39 is 6.03 Å². The molecule has 2 aromatic rings. The minimum atomic E-state index is -0.442. The van der Waals surface area contributed by atoms with Gasteiger partial charge in [0.1, 0.15) is 0 Å². The van der Waals surface area contributed by atoms with Gasteiger partial charge in [0.15, 0.2) is 11.5 Å². The standard InChI is InChI=1S/C15H14IN3O3/c1-22-13-8-10(7-12(16)14(13)20)9-17-19-15(21)18-11-5-3-2-4-6-11/h2-9,20H,1H3,(H2,18,19,21). The summed E-state index contributed by atoms with van der Waals surface area (Å²) in [6, 6.07) is 12.0. The first-order valence-corrected chi connectivity index (χ1v) is 7.39. The summed E-state index contributed by atoms with van der Waals surface area (Å²) in [5.74, 6) is 0.428. The molecular formula is C15H14IN3O3. The van der Waals surface area contributed by atoms with Crippen LogP contribution in [0.4, 0.5) is 10.5 Å². The number of hydrogen-bond donors (Lipinski definition) is 3. The topological polar surface area (TPSA) is 83.0 Å². The van der Waals surface area contributed by atoms with Crippen molar-refractivity contribution in [1.29, 1.82) is 0 Å². The fraction of sp³-hybridized carbons (Fsp3) is 0.0667. The summed E-state index contributed by atoms with van der Waals surface area (Å²) < 4.78 is 5.69. The number of methoxy groups -OCH3 is 1. The summed E-state index contributed by atoms with van der Waals surface area (Å²) in [4.78, 5) is 11.6. The van der Waals surface area contributed by atoms with E-state index in [-0.39, 0.29) is 5.75 Å². The monoisotopic (exact) mass is 411 g/mol. The van der Waals surface area contributed by atoms with Gasteiger partial charge in [-0.2, -0.15) is 5.10 Å². The number of nitrogens with zero attached hydrogens (tertiary/aromatic N) is 1. The third-order valence-corrected chi connectivity index (χ3v) is 3.50. The van der Waals surface area contributed by atoms with Crippen molar-refractivity contribution in [3.63, 3.8) is 0 Å². The molecule has 0 saturated heterocycles. The van der Waals surface area contributed by atoms with Gasteiger partial charge in [-0.25, -0.2) is 10.2 Å². The molecule has 114 valence electrons. The normalized spacial score (nSPS) is 10.5. The summed E-state index contributed by atoms with van der Waals surface area (Å²) in [6.45, 7) is 0. The van der Waals surface area contributed by atoms with Gasteiger partial charge in [0, 0.05) is 5.69 Å². The van der Waals surface area contributed by atoms with Crippen LogP contribution < -0.4 is 15.5 Å². The second kappa shape index (κ2) is 7.64. The quantitative estimate of drug-likeness (QED) is 0.411. The zero-order valence-corrected chi connectivity index (χ0v) is 13.9. The molecule has 0 radical (unpaired) electrons. The first-order chi connectivity index (χ1) is 10.6. The number of halogens is 1. The molecule has 0 saturated carbocycles. The molecule has 22 heavy (non-hydrogen) atoms. The van der Waals surface area contributed by atoms with Crippen LogP contribution in [0.15, 0.2) is 47.6 Å². The number of hydrazone groups is 1. The Morgan fingerprint density at radius 2 is 2.05 bits per heavy atom. The Bertz CT molecular complexity index is 690. The molecule has 0 fully saturated rings. The van der Waals surface area contributed by atoms with Crippen LogP contribution in [0.25, 0.3) is 0 Å². The zero-order valence-electron chi connectivity index (χ0n) is 11.7. The molecule has 2 rings (SSSR count). The average molecular weight is 411 g/mol. The Morgan fingerprint density at radius 1 is 1.32 bits per heavy atom. The van der Waals surface area contributed by atoms with E-state index in [0.717, 1.165) is 0 Å². The number of benzene rings is 2. The van der Waals surface area contributed by atoms with E-state index in [1.165, 1.54) is 13.3 Å². The number of carbonyl (C=O) groups is 1. The van der Waals surface area contributed by atoms with Crippen molar-refractivity contribution < 1.29 is 14.6 Å². The third-order valence-electron chi connectivity index (χ3n) is 2.68. The lowest BCUT2D eigenvalue weighted by Crippen LogP contribution is -2.24. The molecule has 0 heterocycles. The van der Waals surface area contributed by atoms with Gasteiger partial charge in [-0.05, 0) is 52.4 Å². The van der Waals surface area contributed by atoms with Crippen LogP contribution in [0.5, 0.6) is 11.5 Å². The average Bonchev–Trinajstić information content (AvgIpc) is 2.51. The highest BCUT2D eigenvalue weighted by Crippen LogP contribution is 2.31. The van der Waals surface area contributed by atoms with Gasteiger partial charge in [-0.3, -0.25) is 0 Å². The van der Waals surface area contributed by atoms with Crippen LogP contribution in [0.2, 0.25) is 0 Å². The molecule has 0 unspecified atom stereocenters. The van der Waals surface area contributed by atoms with E-state index in [1.54, 1.807) is 24.3 Å². The van der Waals surface area contributed by atoms with Gasteiger partial charge in [-0.1, -0.05) is 18.2 Å². The minimum absolute atomic E-state index is 0.0787. The summed E-state index contributed by atoms with van der Waals surface area (Å²) in [6.07, 6.45) is 1.47. The first kappa shape index (κ1) is 16.1. The predicted octanol–water partition coefficient (Wildman–Crippen LogP) is 3.16. The van der Waals surface area contributed by atoms with E-state index in [0.29, 0.717) is 20.6 Å². The second-order valence-corrected chi connectivity index (χ2v) is 5.41. The van der Waals surface area contributed by atoms with E-state index in [9.17, 15) is 9.90 Å². The number of aromatic hydroxyl groups is 1. The van der Waals surface area contributed by atoms with Gasteiger partial charge in [0.05, 0.1) is 16.9 Å². The summed E-state index contributed by atoms with van der Waals surface area (Å²) in [5.41, 5.74) is 3.74. The summed E-state index contributed by atoms with van der Waals surface area (Å²) in [7, 11) is 1.47. The number of nitrogens with one attached hydrogen (secondary N) is 2. The van der Waals surface area contributed by atoms with Crippen LogP contribution in [0.3, 0.4) is 0 Å². The molecule has 0 aliphatic heterocycles. The van der Waals surface area contributed by atoms with Crippen molar-refractivity contribution in [2.24, 2.45) is 5.10 Å². The lowest BCUT2D eigenvalue weighted by atomic mass is 10.2. The Morgan fingerprint density at radius 3 is 2.73 bits per heavy atom. The van der Waals surface area contributed by atoms with Crippen molar-refractivity contribution in [3.05, 3.63) is 51.6 Å². The summed E-state index contributed by atoms with van der Waals surface area (Å²) in [5, 5.41) is 16.2. The molecule has 2 amide bonds. The zero-order chi connectivity index (χ0) is 15.9. The molecule has 0 spiro atoms. The highest BCUT2D eigenvalue weighted by atomic mass is 127. The Labute approximate surface area is 141 Å². The predicted molar refractivity (Wildman–Crippen MR) is 93.6 cm³/mol. The lowest BCUT2D eigenvalue weighted by molar-refractivity contribution is 0.252. The van der Waals surface area contributed by atoms with Crippen LogP contribution in [-0.4, -0.2) is 24.5 Å². The van der Waals surface area contributed by atoms with E-state index in [2.05, 4.69) is 15.8 Å². The fourth-order valence-corrected chi connectivity index (χ4v) is 2.30. The van der Waals surface area contributed by atoms with Gasteiger partial charge in [-0.15, -0.1) is 0 Å². The minimum Gasteiger partial charge on any atom is -0.504 e. The number of rotatable bonds is 4. The van der Waals surface area contributed by atoms with Gasteiger partial charge < -0.3 is 15.2 Å². The number of urea groups is 1. The number of ether oxygens (including phenoxy) is 1. The largest absolute Gasteiger partial charge is 0.504 e. The molecule has 2 aromatic carbocycles. The maximum atomic E-state index is 11.6. The number of hydrogen-bond acceptors (Lipinski definition) is 4. The summed E-state index contributed by atoms with van der Waals surface area (Å²) >= 11 is 1.99. The van der Waals surface area contributed by atoms with E-state index in [1.807, 2.05) is 40.8 Å². The van der Waals surface area contributed by atoms with Gasteiger partial charge >= 0.3 is 6.03 Å². The first-order valence-electron chi connectivity index (χ1n) is 6.31. The second-order valence-electron chi connectivity index (χ2n) is 4.24. The SMILES string of the molecule is COc1cc(C=NNC(=O)Nc2ccccc2)cc(I)c1O. The number of carbonyl (C=O) groups excluding carboxylic acids is 1. The van der Waals surface area contributed by atoms with Crippen LogP contribution in [0.1, 0.15) is 5.56 Å². The number of phenolic OH excluding ortho intramolecular Hbond substituents is 1. The number of para-hydroxylation sites is 1. The molecular weight excluding hydrogens is 397 g/mol. The van der Waals surface area contributed by atoms with Crippen LogP contribution in [0, 0.1) is 3.57 Å². The maximum absolute atomic E-state index is 11.6. The van der Waals surface area contributed by atoms with Crippen LogP contribution in [-0.2, 0) is 0 Å². The molecule has 0 bridgehead atoms. The smallest absolute Gasteiger partial charge is 0.339 e. The lowest BCUT2D eigenvalue weighted by Gasteiger charge is -2.06. The van der Waals surface area contributed by atoms with Crippen molar-refractivity contribution >= 4 is 40.5 Å². The number of phenols is 1. The number of amides is 2. The Kier molecular flexibility index (Phi) is 5.59. The van der Waals surface area contributed by atoms with Crippen molar-refractivity contribution in [2.45, 2.75) is 0 Å². The molecule has 0 aromatic heterocycles. The third kappa shape index (κ3) is 4.35. The molecule has 7 heteroatoms. The molecule has 3 N–H and O–H groups in total. The van der Waals surface area contributed by atoms with Crippen molar-refractivity contribution in [3.8, 4) is 11.5 Å². The maximum Gasteiger partial charge on any atom is 0.339 e.